The van der Waals surface area contributed by atoms with Crippen molar-refractivity contribution < 1.29 is 13.2 Å². The zero-order valence-corrected chi connectivity index (χ0v) is 23.4. The normalized spacial score (nSPS) is 14.9. The maximum Gasteiger partial charge on any atom is 0.277 e. The predicted molar refractivity (Wildman–Crippen MR) is 144 cm³/mol. The molecule has 0 radical (unpaired) electrons. The molecule has 1 aliphatic rings. The molecule has 3 aromatic rings. The summed E-state index contributed by atoms with van der Waals surface area (Å²) in [6.07, 6.45) is 1.52. The summed E-state index contributed by atoms with van der Waals surface area (Å²) in [5, 5.41) is 4.65. The number of rotatable bonds is 8. The SMILES string of the molecule is CCCc1nc(C)c2c(=O)[nH]c(-c3cc(S(=O)(=O)N4CCN(CC)CC4)ccc3OCC)nn12.Cl.Cl. The molecular formula is C23H34Cl2N6O4S. The molecule has 13 heteroatoms. The highest BCUT2D eigenvalue weighted by molar-refractivity contribution is 7.89. The van der Waals surface area contributed by atoms with E-state index in [9.17, 15) is 13.2 Å². The monoisotopic (exact) mass is 560 g/mol. The van der Waals surface area contributed by atoms with Gasteiger partial charge in [-0.05, 0) is 45.0 Å². The number of sulfonamides is 1. The van der Waals surface area contributed by atoms with Crippen molar-refractivity contribution >= 4 is 40.4 Å². The summed E-state index contributed by atoms with van der Waals surface area (Å²) in [7, 11) is -3.71. The number of benzene rings is 1. The fraction of sp³-hybridized carbons (Fsp3) is 0.522. The molecule has 200 valence electrons. The molecule has 10 nitrogen and oxygen atoms in total. The van der Waals surface area contributed by atoms with Gasteiger partial charge < -0.3 is 14.6 Å². The van der Waals surface area contributed by atoms with E-state index in [0.717, 1.165) is 13.0 Å². The molecule has 0 aliphatic carbocycles. The van der Waals surface area contributed by atoms with Crippen LogP contribution >= 0.6 is 24.8 Å². The van der Waals surface area contributed by atoms with E-state index in [1.54, 1.807) is 29.6 Å². The molecule has 0 saturated carbocycles. The lowest BCUT2D eigenvalue weighted by atomic mass is 10.2. The summed E-state index contributed by atoms with van der Waals surface area (Å²) in [6, 6.07) is 4.72. The van der Waals surface area contributed by atoms with Crippen LogP contribution in [0.15, 0.2) is 27.9 Å². The van der Waals surface area contributed by atoms with Crippen molar-refractivity contribution in [1.82, 2.24) is 28.8 Å². The minimum atomic E-state index is -3.71. The van der Waals surface area contributed by atoms with Crippen LogP contribution in [0.1, 0.15) is 38.7 Å². The lowest BCUT2D eigenvalue weighted by Gasteiger charge is -2.33. The minimum Gasteiger partial charge on any atom is -0.493 e. The molecule has 1 saturated heterocycles. The Bertz CT molecular complexity index is 1350. The molecule has 3 heterocycles. The standard InChI is InChI=1S/C23H32N6O4S.2ClH/c1-5-8-20-24-16(4)21-23(30)25-22(26-29(20)21)18-15-17(9-10-19(18)33-7-3)34(31,32)28-13-11-27(6-2)12-14-28;;/h9-10,15H,5-8,11-14H2,1-4H3,(H,25,26,30);2*1H. The van der Waals surface area contributed by atoms with E-state index in [-0.39, 0.29) is 41.1 Å². The van der Waals surface area contributed by atoms with Crippen molar-refractivity contribution in [3.05, 3.63) is 40.1 Å². The Balaban J connectivity index is 0.00000228. The minimum absolute atomic E-state index is 0. The van der Waals surface area contributed by atoms with Gasteiger partial charge in [-0.15, -0.1) is 29.9 Å². The van der Waals surface area contributed by atoms with Gasteiger partial charge in [-0.2, -0.15) is 4.31 Å². The molecule has 2 aromatic heterocycles. The summed E-state index contributed by atoms with van der Waals surface area (Å²) >= 11 is 0. The van der Waals surface area contributed by atoms with Crippen molar-refractivity contribution in [2.45, 2.75) is 45.4 Å². The van der Waals surface area contributed by atoms with Crippen LogP contribution in [0, 0.1) is 6.92 Å². The molecule has 1 N–H and O–H groups in total. The van der Waals surface area contributed by atoms with Crippen LogP contribution in [0.25, 0.3) is 16.9 Å². The second-order valence-corrected chi connectivity index (χ2v) is 10.3. The van der Waals surface area contributed by atoms with Crippen molar-refractivity contribution in [1.29, 1.82) is 0 Å². The van der Waals surface area contributed by atoms with Crippen molar-refractivity contribution in [2.24, 2.45) is 0 Å². The molecule has 0 atom stereocenters. The van der Waals surface area contributed by atoms with E-state index in [4.69, 9.17) is 4.74 Å². The Morgan fingerprint density at radius 1 is 1.08 bits per heavy atom. The lowest BCUT2D eigenvalue weighted by molar-refractivity contribution is 0.196. The second-order valence-electron chi connectivity index (χ2n) is 8.36. The third-order valence-corrected chi connectivity index (χ3v) is 8.03. The zero-order chi connectivity index (χ0) is 24.5. The third kappa shape index (κ3) is 5.70. The molecule has 0 unspecified atom stereocenters. The number of hydrogen-bond donors (Lipinski definition) is 1. The molecule has 4 rings (SSSR count). The average molecular weight is 562 g/mol. The maximum atomic E-state index is 13.4. The number of nitrogens with one attached hydrogen (secondary N) is 1. The van der Waals surface area contributed by atoms with E-state index in [1.807, 2.05) is 13.8 Å². The molecule has 0 amide bonds. The molecule has 1 aromatic carbocycles. The van der Waals surface area contributed by atoms with Crippen LogP contribution in [0.4, 0.5) is 0 Å². The van der Waals surface area contributed by atoms with Crippen LogP contribution < -0.4 is 10.3 Å². The zero-order valence-electron chi connectivity index (χ0n) is 21.0. The van der Waals surface area contributed by atoms with Gasteiger partial charge in [0.15, 0.2) is 11.3 Å². The Labute approximate surface area is 223 Å². The van der Waals surface area contributed by atoms with Gasteiger partial charge >= 0.3 is 0 Å². The number of aromatic nitrogens is 4. The van der Waals surface area contributed by atoms with Crippen molar-refractivity contribution in [3.8, 4) is 17.1 Å². The van der Waals surface area contributed by atoms with Crippen LogP contribution in [-0.2, 0) is 16.4 Å². The summed E-state index contributed by atoms with van der Waals surface area (Å²) in [6.45, 7) is 11.3. The third-order valence-electron chi connectivity index (χ3n) is 6.14. The first-order valence-electron chi connectivity index (χ1n) is 11.8. The molecule has 36 heavy (non-hydrogen) atoms. The largest absolute Gasteiger partial charge is 0.493 e. The van der Waals surface area contributed by atoms with Crippen molar-refractivity contribution in [2.75, 3.05) is 39.3 Å². The molecular weight excluding hydrogens is 527 g/mol. The van der Waals surface area contributed by atoms with E-state index in [1.165, 1.54) is 4.31 Å². The first-order chi connectivity index (χ1) is 16.3. The summed E-state index contributed by atoms with van der Waals surface area (Å²) in [5.74, 6) is 1.38. The lowest BCUT2D eigenvalue weighted by Crippen LogP contribution is -2.48. The van der Waals surface area contributed by atoms with Gasteiger partial charge in [0.25, 0.3) is 5.56 Å². The number of hydrogen-bond acceptors (Lipinski definition) is 7. The average Bonchev–Trinajstić information content (AvgIpc) is 3.15. The van der Waals surface area contributed by atoms with Gasteiger partial charge in [-0.25, -0.2) is 17.9 Å². The number of H-pyrrole nitrogens is 1. The Morgan fingerprint density at radius 2 is 1.78 bits per heavy atom. The number of piperazine rings is 1. The van der Waals surface area contributed by atoms with Gasteiger partial charge in [-0.3, -0.25) is 4.79 Å². The summed E-state index contributed by atoms with van der Waals surface area (Å²) < 4.78 is 35.7. The van der Waals surface area contributed by atoms with Gasteiger partial charge in [0.2, 0.25) is 10.0 Å². The second kappa shape index (κ2) is 12.4. The fourth-order valence-corrected chi connectivity index (χ4v) is 5.76. The number of aromatic amines is 1. The van der Waals surface area contributed by atoms with Crippen molar-refractivity contribution in [3.63, 3.8) is 0 Å². The highest BCUT2D eigenvalue weighted by Crippen LogP contribution is 2.31. The molecule has 1 fully saturated rings. The number of likely N-dealkylation sites (N-methyl/N-ethyl adjacent to an activating group) is 1. The number of aryl methyl sites for hydroxylation is 2. The molecule has 1 aliphatic heterocycles. The number of nitrogens with zero attached hydrogens (tertiary/aromatic N) is 5. The topological polar surface area (TPSA) is 113 Å². The number of fused-ring (bicyclic) bond motifs is 1. The first-order valence-corrected chi connectivity index (χ1v) is 13.2. The predicted octanol–water partition coefficient (Wildman–Crippen LogP) is 2.91. The van der Waals surface area contributed by atoms with Gasteiger partial charge in [0.05, 0.1) is 22.8 Å². The Kier molecular flexibility index (Phi) is 10.3. The summed E-state index contributed by atoms with van der Waals surface area (Å²) in [4.78, 5) is 22.6. The van der Waals surface area contributed by atoms with Gasteiger partial charge in [0.1, 0.15) is 11.6 Å². The summed E-state index contributed by atoms with van der Waals surface area (Å²) in [5.41, 5.74) is 1.09. The first kappa shape index (κ1) is 30.0. The number of ether oxygens (including phenoxy) is 1. The molecule has 0 spiro atoms. The highest BCUT2D eigenvalue weighted by Gasteiger charge is 2.29. The van der Waals surface area contributed by atoms with Gasteiger partial charge in [0, 0.05) is 32.6 Å². The van der Waals surface area contributed by atoms with E-state index in [2.05, 4.69) is 26.9 Å². The Hall–Kier alpha value is -2.18. The highest BCUT2D eigenvalue weighted by atomic mass is 35.5. The fourth-order valence-electron chi connectivity index (χ4n) is 4.31. The van der Waals surface area contributed by atoms with E-state index in [0.29, 0.717) is 67.6 Å². The van der Waals surface area contributed by atoms with Crippen LogP contribution in [-0.4, -0.2) is 76.5 Å². The quantitative estimate of drug-likeness (QED) is 0.450. The Morgan fingerprint density at radius 3 is 2.39 bits per heavy atom. The van der Waals surface area contributed by atoms with Gasteiger partial charge in [-0.1, -0.05) is 13.8 Å². The van der Waals surface area contributed by atoms with E-state index >= 15 is 0 Å². The number of halogens is 2. The van der Waals surface area contributed by atoms with Crippen LogP contribution in [0.2, 0.25) is 0 Å². The molecule has 0 bridgehead atoms. The van der Waals surface area contributed by atoms with Crippen LogP contribution in [0.3, 0.4) is 0 Å². The smallest absolute Gasteiger partial charge is 0.277 e. The maximum absolute atomic E-state index is 13.4. The number of imidazole rings is 1. The van der Waals surface area contributed by atoms with Crippen LogP contribution in [0.5, 0.6) is 5.75 Å². The van der Waals surface area contributed by atoms with E-state index < -0.39 is 10.0 Å².